The van der Waals surface area contributed by atoms with Crippen LogP contribution in [0.25, 0.3) is 0 Å². The average Bonchev–Trinajstić information content (AvgIpc) is 2.77. The smallest absolute Gasteiger partial charge is 0.130 e. The molecular formula is C13H13N3O. The Morgan fingerprint density at radius 1 is 1.47 bits per heavy atom. The molecule has 2 rings (SSSR count). The molecule has 0 amide bonds. The predicted molar refractivity (Wildman–Crippen MR) is 63.7 cm³/mol. The van der Waals surface area contributed by atoms with Crippen molar-refractivity contribution in [3.8, 4) is 11.8 Å². The van der Waals surface area contributed by atoms with Gasteiger partial charge in [-0.3, -0.25) is 0 Å². The summed E-state index contributed by atoms with van der Waals surface area (Å²) in [6, 6.07) is 9.78. The summed E-state index contributed by atoms with van der Waals surface area (Å²) in [6.07, 6.45) is 3.53. The third kappa shape index (κ3) is 2.13. The summed E-state index contributed by atoms with van der Waals surface area (Å²) in [5, 5.41) is 9.30. The molecule has 86 valence electrons. The van der Waals surface area contributed by atoms with Gasteiger partial charge in [0.15, 0.2) is 0 Å². The highest BCUT2D eigenvalue weighted by molar-refractivity contribution is 5.37. The monoisotopic (exact) mass is 227 g/mol. The molecular weight excluding hydrogens is 214 g/mol. The Morgan fingerprint density at radius 2 is 2.29 bits per heavy atom. The summed E-state index contributed by atoms with van der Waals surface area (Å²) in [4.78, 5) is 4.22. The van der Waals surface area contributed by atoms with Crippen LogP contribution >= 0.6 is 0 Å². The van der Waals surface area contributed by atoms with Gasteiger partial charge in [0.2, 0.25) is 0 Å². The first-order valence-electron chi connectivity index (χ1n) is 5.27. The van der Waals surface area contributed by atoms with E-state index in [4.69, 9.17) is 4.74 Å². The molecule has 1 atom stereocenters. The largest absolute Gasteiger partial charge is 0.497 e. The van der Waals surface area contributed by atoms with Gasteiger partial charge in [-0.15, -0.1) is 0 Å². The normalized spacial score (nSPS) is 11.8. The SMILES string of the molecule is COc1cccc(C(C#N)c2nccn2C)c1. The lowest BCUT2D eigenvalue weighted by molar-refractivity contribution is 0.414. The van der Waals surface area contributed by atoms with Crippen molar-refractivity contribution < 1.29 is 4.74 Å². The van der Waals surface area contributed by atoms with Crippen molar-refractivity contribution in [1.29, 1.82) is 5.26 Å². The third-order valence-corrected chi connectivity index (χ3v) is 2.67. The van der Waals surface area contributed by atoms with Gasteiger partial charge >= 0.3 is 0 Å². The number of methoxy groups -OCH3 is 1. The van der Waals surface area contributed by atoms with Gasteiger partial charge in [-0.05, 0) is 17.7 Å². The molecule has 4 heteroatoms. The summed E-state index contributed by atoms with van der Waals surface area (Å²) >= 11 is 0. The third-order valence-electron chi connectivity index (χ3n) is 2.67. The minimum Gasteiger partial charge on any atom is -0.497 e. The Balaban J connectivity index is 2.43. The molecule has 0 N–H and O–H groups in total. The second kappa shape index (κ2) is 4.71. The van der Waals surface area contributed by atoms with Gasteiger partial charge in [-0.25, -0.2) is 4.98 Å². The number of hydrogen-bond donors (Lipinski definition) is 0. The van der Waals surface area contributed by atoms with Gasteiger partial charge < -0.3 is 9.30 Å². The topological polar surface area (TPSA) is 50.8 Å². The average molecular weight is 227 g/mol. The zero-order chi connectivity index (χ0) is 12.3. The first kappa shape index (κ1) is 11.2. The van der Waals surface area contributed by atoms with E-state index in [1.807, 2.05) is 42.1 Å². The fourth-order valence-corrected chi connectivity index (χ4v) is 1.76. The molecule has 1 aromatic heterocycles. The van der Waals surface area contributed by atoms with E-state index in [0.717, 1.165) is 17.1 Å². The maximum Gasteiger partial charge on any atom is 0.130 e. The minimum atomic E-state index is -0.370. The Morgan fingerprint density at radius 3 is 2.88 bits per heavy atom. The van der Waals surface area contributed by atoms with Crippen molar-refractivity contribution in [3.63, 3.8) is 0 Å². The number of nitrogens with zero attached hydrogens (tertiary/aromatic N) is 3. The molecule has 4 nitrogen and oxygen atoms in total. The van der Waals surface area contributed by atoms with E-state index in [1.165, 1.54) is 0 Å². The van der Waals surface area contributed by atoms with E-state index in [1.54, 1.807) is 13.3 Å². The van der Waals surface area contributed by atoms with Crippen LogP contribution in [0.3, 0.4) is 0 Å². The van der Waals surface area contributed by atoms with Crippen molar-refractivity contribution >= 4 is 0 Å². The summed E-state index contributed by atoms with van der Waals surface area (Å²) in [7, 11) is 3.49. The van der Waals surface area contributed by atoms with E-state index in [2.05, 4.69) is 11.1 Å². The molecule has 0 aliphatic rings. The number of ether oxygens (including phenoxy) is 1. The van der Waals surface area contributed by atoms with E-state index in [9.17, 15) is 5.26 Å². The number of aromatic nitrogens is 2. The van der Waals surface area contributed by atoms with Crippen LogP contribution in [-0.4, -0.2) is 16.7 Å². The second-order valence-electron chi connectivity index (χ2n) is 3.74. The van der Waals surface area contributed by atoms with Crippen LogP contribution in [0.5, 0.6) is 5.75 Å². The summed E-state index contributed by atoms with van der Waals surface area (Å²) in [6.45, 7) is 0. The van der Waals surface area contributed by atoms with Crippen LogP contribution < -0.4 is 4.74 Å². The number of rotatable bonds is 3. The first-order valence-corrected chi connectivity index (χ1v) is 5.27. The molecule has 0 fully saturated rings. The Bertz CT molecular complexity index is 554. The zero-order valence-electron chi connectivity index (χ0n) is 9.79. The molecule has 0 spiro atoms. The highest BCUT2D eigenvalue weighted by atomic mass is 16.5. The van der Waals surface area contributed by atoms with Gasteiger partial charge in [0, 0.05) is 19.4 Å². The molecule has 1 aromatic carbocycles. The summed E-state index contributed by atoms with van der Waals surface area (Å²) in [5.41, 5.74) is 0.890. The van der Waals surface area contributed by atoms with Crippen molar-refractivity contribution in [2.45, 2.75) is 5.92 Å². The summed E-state index contributed by atoms with van der Waals surface area (Å²) < 4.78 is 7.02. The number of hydrogen-bond acceptors (Lipinski definition) is 3. The number of imidazole rings is 1. The minimum absolute atomic E-state index is 0.370. The molecule has 0 radical (unpaired) electrons. The molecule has 2 aromatic rings. The van der Waals surface area contributed by atoms with Crippen molar-refractivity contribution in [3.05, 3.63) is 48.0 Å². The maximum atomic E-state index is 9.30. The lowest BCUT2D eigenvalue weighted by Gasteiger charge is -2.10. The van der Waals surface area contributed by atoms with Gasteiger partial charge in [0.1, 0.15) is 17.5 Å². The molecule has 17 heavy (non-hydrogen) atoms. The molecule has 1 heterocycles. The molecule has 0 saturated carbocycles. The quantitative estimate of drug-likeness (QED) is 0.806. The Hall–Kier alpha value is -2.28. The van der Waals surface area contributed by atoms with Crippen LogP contribution in [0.2, 0.25) is 0 Å². The van der Waals surface area contributed by atoms with Crippen LogP contribution in [0.1, 0.15) is 17.3 Å². The fraction of sp³-hybridized carbons (Fsp3) is 0.231. The number of benzene rings is 1. The molecule has 0 aliphatic carbocycles. The van der Waals surface area contributed by atoms with Crippen molar-refractivity contribution in [1.82, 2.24) is 9.55 Å². The zero-order valence-corrected chi connectivity index (χ0v) is 9.79. The van der Waals surface area contributed by atoms with Crippen LogP contribution in [-0.2, 0) is 7.05 Å². The molecule has 1 unspecified atom stereocenters. The Kier molecular flexibility index (Phi) is 3.10. The highest BCUT2D eigenvalue weighted by Gasteiger charge is 2.17. The van der Waals surface area contributed by atoms with Crippen LogP contribution in [0.15, 0.2) is 36.7 Å². The van der Waals surface area contributed by atoms with E-state index < -0.39 is 0 Å². The van der Waals surface area contributed by atoms with E-state index >= 15 is 0 Å². The van der Waals surface area contributed by atoms with Crippen LogP contribution in [0.4, 0.5) is 0 Å². The van der Waals surface area contributed by atoms with Crippen molar-refractivity contribution in [2.75, 3.05) is 7.11 Å². The molecule has 0 bridgehead atoms. The lowest BCUT2D eigenvalue weighted by atomic mass is 9.99. The molecule has 0 aliphatic heterocycles. The standard InChI is InChI=1S/C13H13N3O/c1-16-7-6-15-13(16)12(9-14)10-4-3-5-11(8-10)17-2/h3-8,12H,1-2H3. The molecule has 0 saturated heterocycles. The van der Waals surface area contributed by atoms with Crippen LogP contribution in [0, 0.1) is 11.3 Å². The second-order valence-corrected chi connectivity index (χ2v) is 3.74. The Labute approximate surface area is 100 Å². The van der Waals surface area contributed by atoms with Gasteiger partial charge in [0.25, 0.3) is 0 Å². The summed E-state index contributed by atoms with van der Waals surface area (Å²) in [5.74, 6) is 1.11. The van der Waals surface area contributed by atoms with Gasteiger partial charge in [0.05, 0.1) is 13.2 Å². The van der Waals surface area contributed by atoms with Crippen molar-refractivity contribution in [2.24, 2.45) is 7.05 Å². The fourth-order valence-electron chi connectivity index (χ4n) is 1.76. The van der Waals surface area contributed by atoms with Gasteiger partial charge in [-0.1, -0.05) is 12.1 Å². The van der Waals surface area contributed by atoms with Gasteiger partial charge in [-0.2, -0.15) is 5.26 Å². The lowest BCUT2D eigenvalue weighted by Crippen LogP contribution is -2.06. The maximum absolute atomic E-state index is 9.30. The number of nitriles is 1. The first-order chi connectivity index (χ1) is 8.26. The number of aryl methyl sites for hydroxylation is 1. The van der Waals surface area contributed by atoms with E-state index in [0.29, 0.717) is 0 Å². The van der Waals surface area contributed by atoms with E-state index in [-0.39, 0.29) is 5.92 Å². The predicted octanol–water partition coefficient (Wildman–Crippen LogP) is 2.08. The highest BCUT2D eigenvalue weighted by Crippen LogP contribution is 2.25.